The zero-order valence-electron chi connectivity index (χ0n) is 10.9. The Hall–Kier alpha value is -2.33. The SMILES string of the molecule is NNc1cn2ccnc2c(Sc2n[nH]c(=O)n2C2CC2)n1. The lowest BCUT2D eigenvalue weighted by Gasteiger charge is -2.06. The Morgan fingerprint density at radius 1 is 1.48 bits per heavy atom. The van der Waals surface area contributed by atoms with Crippen molar-refractivity contribution >= 4 is 23.2 Å². The maximum atomic E-state index is 11.8. The predicted octanol–water partition coefficient (Wildman–Crippen LogP) is 0.386. The molecule has 3 aromatic heterocycles. The highest BCUT2D eigenvalue weighted by Crippen LogP contribution is 2.38. The standard InChI is InChI=1S/C11H12N8OS/c12-15-7-5-18-4-3-13-8(18)9(14-7)21-11-17-16-10(20)19(11)6-1-2-6/h3-6,15H,1-2,12H2,(H,16,20). The second-order valence-corrected chi connectivity index (χ2v) is 5.70. The molecule has 1 aliphatic rings. The summed E-state index contributed by atoms with van der Waals surface area (Å²) in [6, 6.07) is 0.241. The lowest BCUT2D eigenvalue weighted by atomic mass is 10.6. The predicted molar refractivity (Wildman–Crippen MR) is 76.0 cm³/mol. The third-order valence-electron chi connectivity index (χ3n) is 3.26. The fraction of sp³-hybridized carbons (Fsp3) is 0.273. The third-order valence-corrected chi connectivity index (χ3v) is 4.20. The van der Waals surface area contributed by atoms with Crippen molar-refractivity contribution in [1.29, 1.82) is 0 Å². The molecule has 9 nitrogen and oxygen atoms in total. The van der Waals surface area contributed by atoms with E-state index in [-0.39, 0.29) is 11.7 Å². The third kappa shape index (κ3) is 2.08. The van der Waals surface area contributed by atoms with Gasteiger partial charge in [-0.05, 0) is 24.6 Å². The molecule has 108 valence electrons. The molecular formula is C11H12N8OS. The maximum Gasteiger partial charge on any atom is 0.344 e. The highest BCUT2D eigenvalue weighted by Gasteiger charge is 2.29. The fourth-order valence-electron chi connectivity index (χ4n) is 2.14. The average Bonchev–Trinajstić information content (AvgIpc) is 3.08. The summed E-state index contributed by atoms with van der Waals surface area (Å²) in [7, 11) is 0. The van der Waals surface area contributed by atoms with Gasteiger partial charge >= 0.3 is 5.69 Å². The van der Waals surface area contributed by atoms with E-state index < -0.39 is 0 Å². The number of nitrogens with two attached hydrogens (primary N) is 1. The van der Waals surface area contributed by atoms with Crippen molar-refractivity contribution in [3.63, 3.8) is 0 Å². The summed E-state index contributed by atoms with van der Waals surface area (Å²) in [5.41, 5.74) is 3.02. The second kappa shape index (κ2) is 4.60. The first-order chi connectivity index (χ1) is 10.3. The Kier molecular flexibility index (Phi) is 2.72. The Labute approximate surface area is 122 Å². The van der Waals surface area contributed by atoms with Crippen molar-refractivity contribution in [3.8, 4) is 0 Å². The van der Waals surface area contributed by atoms with Crippen LogP contribution in [0.5, 0.6) is 0 Å². The number of hydrazine groups is 1. The molecule has 0 saturated heterocycles. The molecule has 0 radical (unpaired) electrons. The van der Waals surface area contributed by atoms with E-state index in [0.717, 1.165) is 12.8 Å². The zero-order valence-corrected chi connectivity index (χ0v) is 11.7. The molecular weight excluding hydrogens is 292 g/mol. The number of nitrogen functional groups attached to an aromatic ring is 1. The van der Waals surface area contributed by atoms with Gasteiger partial charge in [0.25, 0.3) is 0 Å². The number of H-pyrrole nitrogens is 1. The first-order valence-corrected chi connectivity index (χ1v) is 7.23. The van der Waals surface area contributed by atoms with Crippen molar-refractivity contribution in [2.24, 2.45) is 5.84 Å². The van der Waals surface area contributed by atoms with Crippen molar-refractivity contribution in [3.05, 3.63) is 29.1 Å². The molecule has 3 aromatic rings. The topological polar surface area (TPSA) is 119 Å². The first kappa shape index (κ1) is 12.4. The molecule has 1 saturated carbocycles. The highest BCUT2D eigenvalue weighted by atomic mass is 32.2. The summed E-state index contributed by atoms with van der Waals surface area (Å²) in [5.74, 6) is 5.94. The number of nitrogens with zero attached hydrogens (tertiary/aromatic N) is 5. The Balaban J connectivity index is 1.80. The van der Waals surface area contributed by atoms with Gasteiger partial charge in [-0.1, -0.05) is 0 Å². The van der Waals surface area contributed by atoms with Crippen molar-refractivity contribution in [2.75, 3.05) is 5.43 Å². The van der Waals surface area contributed by atoms with Gasteiger partial charge in [-0.3, -0.25) is 4.57 Å². The van der Waals surface area contributed by atoms with Gasteiger partial charge in [0.1, 0.15) is 5.03 Å². The van der Waals surface area contributed by atoms with E-state index in [1.165, 1.54) is 11.8 Å². The van der Waals surface area contributed by atoms with E-state index in [0.29, 0.717) is 21.6 Å². The van der Waals surface area contributed by atoms with Crippen molar-refractivity contribution < 1.29 is 0 Å². The number of anilines is 1. The summed E-state index contributed by atoms with van der Waals surface area (Å²) in [5, 5.41) is 7.80. The van der Waals surface area contributed by atoms with Gasteiger partial charge in [-0.15, -0.1) is 5.10 Å². The minimum atomic E-state index is -0.188. The molecule has 1 fully saturated rings. The molecule has 1 aliphatic carbocycles. The van der Waals surface area contributed by atoms with Crippen LogP contribution in [0.15, 0.2) is 33.6 Å². The quantitative estimate of drug-likeness (QED) is 0.471. The summed E-state index contributed by atoms with van der Waals surface area (Å²) >= 11 is 1.30. The van der Waals surface area contributed by atoms with Crippen LogP contribution in [-0.2, 0) is 0 Å². The Bertz CT molecular complexity index is 861. The van der Waals surface area contributed by atoms with Gasteiger partial charge in [-0.25, -0.2) is 25.7 Å². The minimum Gasteiger partial charge on any atom is -0.307 e. The number of aromatic nitrogens is 6. The number of fused-ring (bicyclic) bond motifs is 1. The number of hydrogen-bond donors (Lipinski definition) is 3. The number of hydrogen-bond acceptors (Lipinski definition) is 7. The van der Waals surface area contributed by atoms with E-state index in [1.807, 2.05) is 4.40 Å². The first-order valence-electron chi connectivity index (χ1n) is 6.41. The summed E-state index contributed by atoms with van der Waals surface area (Å²) < 4.78 is 3.49. The number of nitrogens with one attached hydrogen (secondary N) is 2. The molecule has 3 heterocycles. The molecule has 4 rings (SSSR count). The van der Waals surface area contributed by atoms with E-state index in [1.54, 1.807) is 23.2 Å². The van der Waals surface area contributed by atoms with Crippen molar-refractivity contribution in [1.82, 2.24) is 29.1 Å². The fourth-order valence-corrected chi connectivity index (χ4v) is 3.13. The van der Waals surface area contributed by atoms with Gasteiger partial charge in [-0.2, -0.15) is 0 Å². The van der Waals surface area contributed by atoms with Crippen LogP contribution in [0.1, 0.15) is 18.9 Å². The van der Waals surface area contributed by atoms with E-state index in [4.69, 9.17) is 5.84 Å². The molecule has 0 spiro atoms. The van der Waals surface area contributed by atoms with Gasteiger partial charge in [0.2, 0.25) is 0 Å². The van der Waals surface area contributed by atoms with Gasteiger partial charge in [0.05, 0.1) is 6.20 Å². The van der Waals surface area contributed by atoms with E-state index in [2.05, 4.69) is 25.6 Å². The summed E-state index contributed by atoms with van der Waals surface area (Å²) in [4.78, 5) is 20.5. The lowest BCUT2D eigenvalue weighted by Crippen LogP contribution is -2.16. The molecule has 0 bridgehead atoms. The van der Waals surface area contributed by atoms with Crippen LogP contribution >= 0.6 is 11.8 Å². The molecule has 0 amide bonds. The summed E-state index contributed by atoms with van der Waals surface area (Å²) in [6.45, 7) is 0. The van der Waals surface area contributed by atoms with Crippen LogP contribution in [0, 0.1) is 0 Å². The van der Waals surface area contributed by atoms with Crippen LogP contribution in [0.4, 0.5) is 5.82 Å². The molecule has 0 aliphatic heterocycles. The Morgan fingerprint density at radius 2 is 2.33 bits per heavy atom. The largest absolute Gasteiger partial charge is 0.344 e. The second-order valence-electron chi connectivity index (χ2n) is 4.75. The smallest absolute Gasteiger partial charge is 0.307 e. The van der Waals surface area contributed by atoms with Crippen LogP contribution in [0.3, 0.4) is 0 Å². The van der Waals surface area contributed by atoms with Gasteiger partial charge < -0.3 is 9.83 Å². The van der Waals surface area contributed by atoms with Crippen LogP contribution < -0.4 is 17.0 Å². The number of rotatable bonds is 4. The zero-order chi connectivity index (χ0) is 14.4. The Morgan fingerprint density at radius 3 is 3.10 bits per heavy atom. The van der Waals surface area contributed by atoms with Crippen LogP contribution in [-0.4, -0.2) is 29.1 Å². The van der Waals surface area contributed by atoms with Crippen molar-refractivity contribution in [2.45, 2.75) is 29.1 Å². The highest BCUT2D eigenvalue weighted by molar-refractivity contribution is 7.99. The summed E-state index contributed by atoms with van der Waals surface area (Å²) in [6.07, 6.45) is 7.23. The van der Waals surface area contributed by atoms with E-state index in [9.17, 15) is 4.79 Å². The molecule has 0 atom stereocenters. The maximum absolute atomic E-state index is 11.8. The molecule has 4 N–H and O–H groups in total. The number of imidazole rings is 1. The average molecular weight is 304 g/mol. The molecule has 21 heavy (non-hydrogen) atoms. The van der Waals surface area contributed by atoms with E-state index >= 15 is 0 Å². The van der Waals surface area contributed by atoms with Gasteiger partial charge in [0, 0.05) is 18.4 Å². The minimum absolute atomic E-state index is 0.188. The molecule has 0 aromatic carbocycles. The molecule has 0 unspecified atom stereocenters. The normalized spacial score (nSPS) is 14.7. The van der Waals surface area contributed by atoms with Gasteiger partial charge in [0.15, 0.2) is 16.6 Å². The lowest BCUT2D eigenvalue weighted by molar-refractivity contribution is 0.642. The number of aromatic amines is 1. The van der Waals surface area contributed by atoms with Crippen LogP contribution in [0.2, 0.25) is 0 Å². The van der Waals surface area contributed by atoms with Crippen LogP contribution in [0.25, 0.3) is 5.65 Å². The molecule has 10 heteroatoms. The monoisotopic (exact) mass is 304 g/mol.